The Balaban J connectivity index is 1.42. The van der Waals surface area contributed by atoms with Crippen molar-refractivity contribution < 1.29 is 9.53 Å². The molecule has 35 heavy (non-hydrogen) atoms. The van der Waals surface area contributed by atoms with E-state index in [1.54, 1.807) is 13.2 Å². The van der Waals surface area contributed by atoms with Crippen LogP contribution in [0.1, 0.15) is 5.56 Å². The Bertz CT molecular complexity index is 1340. The first-order valence-corrected chi connectivity index (χ1v) is 12.0. The van der Waals surface area contributed by atoms with Gasteiger partial charge in [-0.2, -0.15) is 5.10 Å². The summed E-state index contributed by atoms with van der Waals surface area (Å²) in [5.41, 5.74) is 5.21. The van der Waals surface area contributed by atoms with Crippen LogP contribution in [0.2, 0.25) is 5.02 Å². The molecule has 0 unspecified atom stereocenters. The van der Waals surface area contributed by atoms with E-state index in [1.807, 2.05) is 89.5 Å². The van der Waals surface area contributed by atoms with Crippen LogP contribution in [0.3, 0.4) is 0 Å². The zero-order valence-electron chi connectivity index (χ0n) is 18.8. The number of hydrogen-bond donors (Lipinski definition) is 1. The number of rotatable bonds is 9. The van der Waals surface area contributed by atoms with Crippen LogP contribution in [0.4, 0.5) is 0 Å². The number of nitrogens with one attached hydrogen (secondary N) is 1. The number of hydrazone groups is 1. The summed E-state index contributed by atoms with van der Waals surface area (Å²) in [6, 6.07) is 24.8. The molecule has 4 rings (SSSR count). The Morgan fingerprint density at radius 3 is 2.57 bits per heavy atom. The van der Waals surface area contributed by atoms with Crippen molar-refractivity contribution in [3.05, 3.63) is 95.5 Å². The largest absolute Gasteiger partial charge is 0.496 e. The van der Waals surface area contributed by atoms with Crippen molar-refractivity contribution in [1.82, 2.24) is 20.2 Å². The van der Waals surface area contributed by atoms with E-state index in [9.17, 15) is 4.79 Å². The van der Waals surface area contributed by atoms with Crippen molar-refractivity contribution >= 4 is 41.6 Å². The van der Waals surface area contributed by atoms with Crippen LogP contribution in [-0.2, 0) is 4.79 Å². The van der Waals surface area contributed by atoms with Crippen molar-refractivity contribution in [3.8, 4) is 22.8 Å². The predicted molar refractivity (Wildman–Crippen MR) is 141 cm³/mol. The lowest BCUT2D eigenvalue weighted by Crippen LogP contribution is -2.19. The second kappa shape index (κ2) is 12.0. The lowest BCUT2D eigenvalue weighted by molar-refractivity contribution is -0.118. The lowest BCUT2D eigenvalue weighted by Gasteiger charge is -2.10. The first-order valence-electron chi connectivity index (χ1n) is 10.7. The maximum Gasteiger partial charge on any atom is 0.250 e. The van der Waals surface area contributed by atoms with E-state index < -0.39 is 0 Å². The number of thioether (sulfide) groups is 1. The van der Waals surface area contributed by atoms with Gasteiger partial charge in [0.25, 0.3) is 5.91 Å². The molecule has 176 valence electrons. The molecule has 0 fully saturated rings. The molecule has 0 radical (unpaired) electrons. The van der Waals surface area contributed by atoms with Gasteiger partial charge in [-0.3, -0.25) is 9.36 Å². The SMILES string of the molecule is COc1ccccc1/C=C/C=N\NC(=O)CSc1nnc(-c2ccc(Cl)cc2)n1-c1ccccc1. The molecule has 0 spiro atoms. The average Bonchev–Trinajstić information content (AvgIpc) is 3.32. The summed E-state index contributed by atoms with van der Waals surface area (Å²) in [4.78, 5) is 12.4. The molecular weight excluding hydrogens is 482 g/mol. The number of halogens is 1. The highest BCUT2D eigenvalue weighted by Crippen LogP contribution is 2.28. The van der Waals surface area contributed by atoms with Gasteiger partial charge < -0.3 is 4.74 Å². The molecule has 1 N–H and O–H groups in total. The molecule has 7 nitrogen and oxygen atoms in total. The maximum atomic E-state index is 12.4. The van der Waals surface area contributed by atoms with Crippen LogP contribution in [0, 0.1) is 0 Å². The molecule has 1 aromatic heterocycles. The number of carbonyl (C=O) groups excluding carboxylic acids is 1. The summed E-state index contributed by atoms with van der Waals surface area (Å²) in [5.74, 6) is 1.29. The third-order valence-corrected chi connectivity index (χ3v) is 6.03. The average molecular weight is 504 g/mol. The lowest BCUT2D eigenvalue weighted by atomic mass is 10.2. The normalized spacial score (nSPS) is 11.3. The van der Waals surface area contributed by atoms with Crippen LogP contribution in [0.25, 0.3) is 23.2 Å². The third kappa shape index (κ3) is 6.38. The summed E-state index contributed by atoms with van der Waals surface area (Å²) in [6.45, 7) is 0. The van der Waals surface area contributed by atoms with Gasteiger partial charge in [-0.15, -0.1) is 10.2 Å². The number of methoxy groups -OCH3 is 1. The number of hydrogen-bond acceptors (Lipinski definition) is 6. The zero-order chi connectivity index (χ0) is 24.5. The molecule has 0 aliphatic rings. The number of amides is 1. The molecule has 0 bridgehead atoms. The molecule has 0 aliphatic carbocycles. The number of benzene rings is 3. The Labute approximate surface area is 212 Å². The van der Waals surface area contributed by atoms with Crippen molar-refractivity contribution in [3.63, 3.8) is 0 Å². The second-order valence-electron chi connectivity index (χ2n) is 7.19. The van der Waals surface area contributed by atoms with Gasteiger partial charge in [-0.05, 0) is 54.6 Å². The first kappa shape index (κ1) is 24.3. The molecule has 0 saturated heterocycles. The first-order chi connectivity index (χ1) is 17.2. The topological polar surface area (TPSA) is 81.4 Å². The standard InChI is InChI=1S/C26H22ClN5O2S/c1-34-23-12-6-5-8-19(23)9-7-17-28-29-24(33)18-35-26-31-30-25(20-13-15-21(27)16-14-20)32(26)22-10-3-2-4-11-22/h2-17H,18H2,1H3,(H,29,33)/b9-7+,28-17-. The minimum atomic E-state index is -0.257. The molecule has 0 aliphatic heterocycles. The Morgan fingerprint density at radius 2 is 1.80 bits per heavy atom. The summed E-state index contributed by atoms with van der Waals surface area (Å²) in [6.07, 6.45) is 5.10. The maximum absolute atomic E-state index is 12.4. The molecule has 1 heterocycles. The van der Waals surface area contributed by atoms with E-state index in [-0.39, 0.29) is 11.7 Å². The number of ether oxygens (including phenoxy) is 1. The number of aromatic nitrogens is 3. The van der Waals surface area contributed by atoms with Crippen molar-refractivity contribution in [2.75, 3.05) is 12.9 Å². The highest BCUT2D eigenvalue weighted by atomic mass is 35.5. The molecule has 0 saturated carbocycles. The van der Waals surface area contributed by atoms with E-state index in [1.165, 1.54) is 18.0 Å². The van der Waals surface area contributed by atoms with Gasteiger partial charge in [0.05, 0.1) is 12.9 Å². The van der Waals surface area contributed by atoms with Crippen molar-refractivity contribution in [1.29, 1.82) is 0 Å². The van der Waals surface area contributed by atoms with E-state index >= 15 is 0 Å². The number of para-hydroxylation sites is 2. The van der Waals surface area contributed by atoms with Crippen LogP contribution in [0.5, 0.6) is 5.75 Å². The second-order valence-corrected chi connectivity index (χ2v) is 8.57. The highest BCUT2D eigenvalue weighted by Gasteiger charge is 2.17. The molecular formula is C26H22ClN5O2S. The monoisotopic (exact) mass is 503 g/mol. The quantitative estimate of drug-likeness (QED) is 0.185. The minimum absolute atomic E-state index is 0.124. The van der Waals surface area contributed by atoms with Crippen molar-refractivity contribution in [2.24, 2.45) is 5.10 Å². The van der Waals surface area contributed by atoms with E-state index in [0.29, 0.717) is 16.0 Å². The Morgan fingerprint density at radius 1 is 1.06 bits per heavy atom. The summed E-state index contributed by atoms with van der Waals surface area (Å²) < 4.78 is 7.22. The fraction of sp³-hybridized carbons (Fsp3) is 0.0769. The van der Waals surface area contributed by atoms with E-state index in [2.05, 4.69) is 20.7 Å². The molecule has 3 aromatic carbocycles. The van der Waals surface area contributed by atoms with Gasteiger partial charge in [-0.1, -0.05) is 59.8 Å². The van der Waals surface area contributed by atoms with Crippen molar-refractivity contribution in [2.45, 2.75) is 5.16 Å². The Kier molecular flexibility index (Phi) is 8.32. The summed E-state index contributed by atoms with van der Waals surface area (Å²) in [7, 11) is 1.62. The van der Waals surface area contributed by atoms with Crippen LogP contribution >= 0.6 is 23.4 Å². The van der Waals surface area contributed by atoms with Crippen LogP contribution in [0.15, 0.2) is 95.2 Å². The van der Waals surface area contributed by atoms with Crippen LogP contribution < -0.4 is 10.2 Å². The number of allylic oxidation sites excluding steroid dienone is 1. The summed E-state index contributed by atoms with van der Waals surface area (Å²) >= 11 is 7.32. The van der Waals surface area contributed by atoms with E-state index in [4.69, 9.17) is 16.3 Å². The van der Waals surface area contributed by atoms with Gasteiger partial charge >= 0.3 is 0 Å². The zero-order valence-corrected chi connectivity index (χ0v) is 20.4. The highest BCUT2D eigenvalue weighted by molar-refractivity contribution is 7.99. The third-order valence-electron chi connectivity index (χ3n) is 4.85. The molecule has 1 amide bonds. The molecule has 9 heteroatoms. The predicted octanol–water partition coefficient (Wildman–Crippen LogP) is 5.50. The Hall–Kier alpha value is -3.88. The smallest absolute Gasteiger partial charge is 0.250 e. The molecule has 0 atom stereocenters. The van der Waals surface area contributed by atoms with E-state index in [0.717, 1.165) is 22.6 Å². The van der Waals surface area contributed by atoms with Gasteiger partial charge in [0.1, 0.15) is 5.75 Å². The fourth-order valence-corrected chi connectivity index (χ4v) is 4.09. The fourth-order valence-electron chi connectivity index (χ4n) is 3.22. The minimum Gasteiger partial charge on any atom is -0.496 e. The number of carbonyl (C=O) groups is 1. The number of nitrogens with zero attached hydrogens (tertiary/aromatic N) is 4. The van der Waals surface area contributed by atoms with Gasteiger partial charge in [0, 0.05) is 28.1 Å². The van der Waals surface area contributed by atoms with Gasteiger partial charge in [0.15, 0.2) is 11.0 Å². The molecule has 4 aromatic rings. The van der Waals surface area contributed by atoms with Gasteiger partial charge in [-0.25, -0.2) is 5.43 Å². The summed E-state index contributed by atoms with van der Waals surface area (Å²) in [5, 5.41) is 13.9. The van der Waals surface area contributed by atoms with Gasteiger partial charge in [0.2, 0.25) is 0 Å². The van der Waals surface area contributed by atoms with Crippen LogP contribution in [-0.4, -0.2) is 39.7 Å².